The molecule has 35 heavy (non-hydrogen) atoms. The van der Waals surface area contributed by atoms with Gasteiger partial charge in [0, 0.05) is 13.0 Å². The summed E-state index contributed by atoms with van der Waals surface area (Å²) in [5, 5.41) is 3.06. The zero-order valence-electron chi connectivity index (χ0n) is 20.9. The summed E-state index contributed by atoms with van der Waals surface area (Å²) in [6.45, 7) is 6.93. The zero-order chi connectivity index (χ0) is 24.9. The van der Waals surface area contributed by atoms with E-state index in [0.29, 0.717) is 29.9 Å². The van der Waals surface area contributed by atoms with Crippen molar-refractivity contribution >= 4 is 23.3 Å². The Labute approximate surface area is 208 Å². The van der Waals surface area contributed by atoms with E-state index in [-0.39, 0.29) is 36.8 Å². The van der Waals surface area contributed by atoms with E-state index in [9.17, 15) is 14.4 Å². The van der Waals surface area contributed by atoms with Crippen molar-refractivity contribution in [1.82, 2.24) is 5.32 Å². The Kier molecular flexibility index (Phi) is 7.89. The van der Waals surface area contributed by atoms with Gasteiger partial charge in [-0.05, 0) is 48.3 Å². The number of benzene rings is 2. The van der Waals surface area contributed by atoms with E-state index in [1.807, 2.05) is 53.4 Å². The predicted octanol–water partition coefficient (Wildman–Crippen LogP) is 5.29. The van der Waals surface area contributed by atoms with Crippen LogP contribution < -0.4 is 10.2 Å². The molecule has 0 aromatic heterocycles. The average Bonchev–Trinajstić information content (AvgIpc) is 2.83. The first-order valence-electron chi connectivity index (χ1n) is 12.8. The largest absolute Gasteiger partial charge is 0.462 e. The van der Waals surface area contributed by atoms with E-state index in [4.69, 9.17) is 4.74 Å². The van der Waals surface area contributed by atoms with Crippen LogP contribution in [0.25, 0.3) is 0 Å². The molecule has 1 fully saturated rings. The maximum absolute atomic E-state index is 12.8. The Balaban J connectivity index is 1.41. The lowest BCUT2D eigenvalue weighted by Crippen LogP contribution is -2.47. The number of ether oxygens (including phenoxy) is 1. The monoisotopic (exact) mass is 476 g/mol. The fraction of sp³-hybridized carbons (Fsp3) is 0.483. The fourth-order valence-corrected chi connectivity index (χ4v) is 5.44. The summed E-state index contributed by atoms with van der Waals surface area (Å²) >= 11 is 0. The van der Waals surface area contributed by atoms with Crippen LogP contribution in [0.1, 0.15) is 75.0 Å². The number of fused-ring (bicyclic) bond motifs is 1. The molecule has 1 N–H and O–H groups in total. The number of amides is 1. The second kappa shape index (κ2) is 11.1. The van der Waals surface area contributed by atoms with Gasteiger partial charge in [-0.3, -0.25) is 14.4 Å². The van der Waals surface area contributed by atoms with Gasteiger partial charge in [-0.25, -0.2) is 0 Å². The molecule has 2 aromatic rings. The highest BCUT2D eigenvalue weighted by molar-refractivity contribution is 6.02. The quantitative estimate of drug-likeness (QED) is 0.414. The Morgan fingerprint density at radius 2 is 1.77 bits per heavy atom. The molecule has 1 heterocycles. The molecule has 6 heteroatoms. The van der Waals surface area contributed by atoms with Crippen LogP contribution in [0.2, 0.25) is 0 Å². The van der Waals surface area contributed by atoms with Crippen molar-refractivity contribution in [2.75, 3.05) is 11.4 Å². The molecule has 0 radical (unpaired) electrons. The lowest BCUT2D eigenvalue weighted by molar-refractivity contribution is -0.157. The van der Waals surface area contributed by atoms with Crippen LogP contribution in [-0.4, -0.2) is 30.3 Å². The van der Waals surface area contributed by atoms with Crippen molar-refractivity contribution in [1.29, 1.82) is 0 Å². The van der Waals surface area contributed by atoms with Crippen LogP contribution in [0.4, 0.5) is 5.69 Å². The van der Waals surface area contributed by atoms with Crippen LogP contribution in [0.3, 0.4) is 0 Å². The summed E-state index contributed by atoms with van der Waals surface area (Å²) in [6, 6.07) is 17.1. The van der Waals surface area contributed by atoms with Gasteiger partial charge in [-0.1, -0.05) is 69.7 Å². The zero-order valence-corrected chi connectivity index (χ0v) is 20.9. The highest BCUT2D eigenvalue weighted by atomic mass is 16.5. The van der Waals surface area contributed by atoms with E-state index in [0.717, 1.165) is 30.5 Å². The maximum atomic E-state index is 12.8. The molecule has 4 rings (SSSR count). The normalized spacial score (nSPS) is 24.0. The molecule has 1 aliphatic carbocycles. The molecule has 6 nitrogen and oxygen atoms in total. The number of esters is 1. The standard InChI is InChI=1S/C29H36N2O4/c1-19(2)23-14-13-20(3)17-26(23)35-27(33)18-22(32)15-16-31-25-12-8-7-11-24(25)29(34)30-28(31)21-9-5-4-6-10-21/h4-12,19-20,23,26,28H,13-18H2,1-3H3,(H,30,34)/t20-,23+,26-,28?/m1/s1. The topological polar surface area (TPSA) is 75.7 Å². The number of ketones is 1. The minimum absolute atomic E-state index is 0.106. The average molecular weight is 477 g/mol. The lowest BCUT2D eigenvalue weighted by atomic mass is 9.75. The van der Waals surface area contributed by atoms with Gasteiger partial charge in [0.2, 0.25) is 0 Å². The smallest absolute Gasteiger partial charge is 0.313 e. The van der Waals surface area contributed by atoms with Crippen molar-refractivity contribution in [2.24, 2.45) is 17.8 Å². The molecule has 186 valence electrons. The van der Waals surface area contributed by atoms with Crippen molar-refractivity contribution in [2.45, 2.75) is 65.1 Å². The van der Waals surface area contributed by atoms with Crippen molar-refractivity contribution in [3.63, 3.8) is 0 Å². The van der Waals surface area contributed by atoms with E-state index >= 15 is 0 Å². The van der Waals surface area contributed by atoms with Gasteiger partial charge in [-0.15, -0.1) is 0 Å². The van der Waals surface area contributed by atoms with Gasteiger partial charge in [-0.2, -0.15) is 0 Å². The van der Waals surface area contributed by atoms with Crippen LogP contribution in [0.5, 0.6) is 0 Å². The number of nitrogens with one attached hydrogen (secondary N) is 1. The van der Waals surface area contributed by atoms with Gasteiger partial charge in [0.1, 0.15) is 24.5 Å². The van der Waals surface area contributed by atoms with Gasteiger partial charge in [0.25, 0.3) is 5.91 Å². The van der Waals surface area contributed by atoms with Crippen LogP contribution in [0, 0.1) is 17.8 Å². The third-order valence-corrected chi connectivity index (χ3v) is 7.37. The minimum atomic E-state index is -0.424. The molecule has 2 aliphatic rings. The Bertz CT molecular complexity index is 1050. The number of hydrogen-bond acceptors (Lipinski definition) is 5. The summed E-state index contributed by atoms with van der Waals surface area (Å²) in [5.41, 5.74) is 2.31. The number of hydrogen-bond donors (Lipinski definition) is 1. The molecule has 1 amide bonds. The molecule has 0 bridgehead atoms. The highest BCUT2D eigenvalue weighted by Crippen LogP contribution is 2.36. The molecule has 1 aliphatic heterocycles. The predicted molar refractivity (Wildman–Crippen MR) is 136 cm³/mol. The molecule has 0 saturated heterocycles. The van der Waals surface area contributed by atoms with Crippen LogP contribution in [0.15, 0.2) is 54.6 Å². The summed E-state index contributed by atoms with van der Waals surface area (Å²) in [4.78, 5) is 40.2. The molecule has 4 atom stereocenters. The first-order valence-corrected chi connectivity index (χ1v) is 12.8. The Morgan fingerprint density at radius 1 is 1.06 bits per heavy atom. The number of anilines is 1. The second-order valence-corrected chi connectivity index (χ2v) is 10.3. The summed E-state index contributed by atoms with van der Waals surface area (Å²) in [7, 11) is 0. The first kappa shape index (κ1) is 25.0. The molecular formula is C29H36N2O4. The lowest BCUT2D eigenvalue weighted by Gasteiger charge is -2.39. The number of nitrogens with zero attached hydrogens (tertiary/aromatic N) is 1. The highest BCUT2D eigenvalue weighted by Gasteiger charge is 2.34. The van der Waals surface area contributed by atoms with E-state index in [1.165, 1.54) is 0 Å². The fourth-order valence-electron chi connectivity index (χ4n) is 5.44. The minimum Gasteiger partial charge on any atom is -0.462 e. The first-order chi connectivity index (χ1) is 16.8. The van der Waals surface area contributed by atoms with Gasteiger partial charge in [0.05, 0.1) is 11.3 Å². The van der Waals surface area contributed by atoms with E-state index < -0.39 is 5.97 Å². The van der Waals surface area contributed by atoms with E-state index in [1.54, 1.807) is 6.07 Å². The summed E-state index contributed by atoms with van der Waals surface area (Å²) < 4.78 is 5.83. The van der Waals surface area contributed by atoms with Gasteiger partial charge in [0.15, 0.2) is 0 Å². The summed E-state index contributed by atoms with van der Waals surface area (Å²) in [6.07, 6.45) is 2.58. The van der Waals surface area contributed by atoms with Gasteiger partial charge >= 0.3 is 5.97 Å². The third-order valence-electron chi connectivity index (χ3n) is 7.37. The molecule has 2 aromatic carbocycles. The SMILES string of the molecule is CC(C)[C@@H]1CC[C@@H](C)C[C@H]1OC(=O)CC(=O)CCN1c2ccccc2C(=O)NC1c1ccccc1. The van der Waals surface area contributed by atoms with Crippen molar-refractivity contribution in [3.8, 4) is 0 Å². The molecule has 1 saturated carbocycles. The molecule has 0 spiro atoms. The number of carbonyl (C=O) groups excluding carboxylic acids is 3. The number of rotatable bonds is 8. The number of carbonyl (C=O) groups is 3. The Hall–Kier alpha value is -3.15. The van der Waals surface area contributed by atoms with Crippen LogP contribution >= 0.6 is 0 Å². The van der Waals surface area contributed by atoms with Crippen LogP contribution in [-0.2, 0) is 14.3 Å². The second-order valence-electron chi connectivity index (χ2n) is 10.3. The number of Topliss-reactive ketones (excluding diaryl/α,β-unsaturated/α-hetero) is 1. The molecule has 1 unspecified atom stereocenters. The molecular weight excluding hydrogens is 440 g/mol. The van der Waals surface area contributed by atoms with Crippen molar-refractivity contribution in [3.05, 3.63) is 65.7 Å². The number of para-hydroxylation sites is 1. The Morgan fingerprint density at radius 3 is 2.51 bits per heavy atom. The van der Waals surface area contributed by atoms with Gasteiger partial charge < -0.3 is 15.0 Å². The van der Waals surface area contributed by atoms with Crippen molar-refractivity contribution < 1.29 is 19.1 Å². The summed E-state index contributed by atoms with van der Waals surface area (Å²) in [5.74, 6) is 0.614. The van der Waals surface area contributed by atoms with E-state index in [2.05, 4.69) is 26.1 Å². The maximum Gasteiger partial charge on any atom is 0.313 e. The third kappa shape index (κ3) is 5.92.